The largest absolute Gasteiger partial charge is 0.394 e. The van der Waals surface area contributed by atoms with Gasteiger partial charge in [0.2, 0.25) is 5.95 Å². The molecule has 0 bridgehead atoms. The van der Waals surface area contributed by atoms with Crippen LogP contribution in [0.3, 0.4) is 0 Å². The number of aromatic nitrogens is 6. The van der Waals surface area contributed by atoms with Crippen LogP contribution < -0.4 is 10.6 Å². The minimum absolute atomic E-state index is 0.125. The Bertz CT molecular complexity index is 1170. The summed E-state index contributed by atoms with van der Waals surface area (Å²) >= 11 is 0. The van der Waals surface area contributed by atoms with Crippen LogP contribution in [0.15, 0.2) is 36.8 Å². The molecule has 0 aromatic carbocycles. The molecule has 0 unspecified atom stereocenters. The van der Waals surface area contributed by atoms with E-state index < -0.39 is 0 Å². The number of nitrogens with one attached hydrogen (secondary N) is 2. The summed E-state index contributed by atoms with van der Waals surface area (Å²) < 4.78 is 1.86. The van der Waals surface area contributed by atoms with Crippen molar-refractivity contribution in [1.82, 2.24) is 29.5 Å². The summed E-state index contributed by atoms with van der Waals surface area (Å²) in [5.74, 6) is 1.43. The molecule has 0 spiro atoms. The third kappa shape index (κ3) is 4.76. The summed E-state index contributed by atoms with van der Waals surface area (Å²) in [5, 5.41) is 26.7. The maximum absolute atomic E-state index is 7.62. The van der Waals surface area contributed by atoms with Crippen molar-refractivity contribution in [2.24, 2.45) is 0 Å². The lowest BCUT2D eigenvalue weighted by Gasteiger charge is -2.23. The second-order valence-corrected chi connectivity index (χ2v) is 7.58. The number of aliphatic hydroxyl groups excluding tert-OH is 2. The Morgan fingerprint density at radius 2 is 1.78 bits per heavy atom. The Morgan fingerprint density at radius 3 is 2.53 bits per heavy atom. The molecule has 4 aromatic rings. The van der Waals surface area contributed by atoms with Crippen molar-refractivity contribution >= 4 is 28.4 Å². The number of anilines is 2. The molecule has 32 heavy (non-hydrogen) atoms. The average Bonchev–Trinajstić information content (AvgIpc) is 3.28. The standard InChI is InChI=1S/C20H22N8.C2H6O2/c1-21-19-17-14(15-7-8-16-18(25-15)23-11-10-22-16)9-12-28(17)27-20(26-19)24-13-5-3-2-4-6-13;3-1-2-4/h7-13H,2-6H2,1H3,(H2,21,24,26,27);3-4H,1-2H2. The molecular weight excluding hydrogens is 408 g/mol. The van der Waals surface area contributed by atoms with Crippen LogP contribution in [0, 0.1) is 0 Å². The summed E-state index contributed by atoms with van der Waals surface area (Å²) in [5.41, 5.74) is 4.08. The van der Waals surface area contributed by atoms with Gasteiger partial charge in [-0.15, -0.1) is 5.10 Å². The highest BCUT2D eigenvalue weighted by Gasteiger charge is 2.18. The molecule has 1 aliphatic rings. The third-order valence-corrected chi connectivity index (χ3v) is 5.39. The first-order valence-electron chi connectivity index (χ1n) is 10.9. The van der Waals surface area contributed by atoms with E-state index in [-0.39, 0.29) is 13.2 Å². The Morgan fingerprint density at radius 1 is 1.00 bits per heavy atom. The lowest BCUT2D eigenvalue weighted by Crippen LogP contribution is -2.24. The van der Waals surface area contributed by atoms with Gasteiger partial charge in [0, 0.05) is 37.2 Å². The van der Waals surface area contributed by atoms with Crippen molar-refractivity contribution in [2.45, 2.75) is 38.1 Å². The van der Waals surface area contributed by atoms with Crippen LogP contribution in [0.5, 0.6) is 0 Å². The SMILES string of the molecule is CNc1nc(NC2CCCCC2)nn2ccc(-c3ccc4nccnc4n3)c12.OCCO. The Kier molecular flexibility index (Phi) is 7.03. The summed E-state index contributed by atoms with van der Waals surface area (Å²) in [6.45, 7) is -0.250. The Hall–Kier alpha value is -3.37. The van der Waals surface area contributed by atoms with Crippen molar-refractivity contribution in [1.29, 1.82) is 0 Å². The minimum atomic E-state index is -0.125. The Balaban J connectivity index is 0.000000567. The van der Waals surface area contributed by atoms with Gasteiger partial charge in [-0.25, -0.2) is 14.5 Å². The van der Waals surface area contributed by atoms with E-state index in [9.17, 15) is 0 Å². The van der Waals surface area contributed by atoms with Gasteiger partial charge in [-0.05, 0) is 31.0 Å². The van der Waals surface area contributed by atoms with Gasteiger partial charge in [0.1, 0.15) is 11.0 Å². The van der Waals surface area contributed by atoms with E-state index in [1.54, 1.807) is 12.4 Å². The molecule has 10 nitrogen and oxygen atoms in total. The fourth-order valence-electron chi connectivity index (χ4n) is 3.90. The van der Waals surface area contributed by atoms with Gasteiger partial charge < -0.3 is 20.8 Å². The molecule has 10 heteroatoms. The zero-order valence-electron chi connectivity index (χ0n) is 18.1. The van der Waals surface area contributed by atoms with E-state index in [1.807, 2.05) is 36.0 Å². The van der Waals surface area contributed by atoms with Gasteiger partial charge in [0.15, 0.2) is 11.5 Å². The van der Waals surface area contributed by atoms with E-state index in [2.05, 4.69) is 30.7 Å². The molecule has 0 amide bonds. The normalized spacial score (nSPS) is 14.2. The van der Waals surface area contributed by atoms with Crippen LogP contribution in [0.2, 0.25) is 0 Å². The number of pyridine rings is 1. The van der Waals surface area contributed by atoms with Gasteiger partial charge in [-0.2, -0.15) is 4.98 Å². The van der Waals surface area contributed by atoms with Crippen LogP contribution in [-0.2, 0) is 0 Å². The lowest BCUT2D eigenvalue weighted by molar-refractivity contribution is 0.186. The summed E-state index contributed by atoms with van der Waals surface area (Å²) in [6, 6.07) is 6.36. The van der Waals surface area contributed by atoms with Crippen LogP contribution in [-0.4, -0.2) is 66.1 Å². The first-order chi connectivity index (χ1) is 15.7. The number of hydrogen-bond acceptors (Lipinski definition) is 9. The predicted molar refractivity (Wildman–Crippen MR) is 124 cm³/mol. The quantitative estimate of drug-likeness (QED) is 0.372. The van der Waals surface area contributed by atoms with Crippen LogP contribution >= 0.6 is 0 Å². The smallest absolute Gasteiger partial charge is 0.243 e. The molecule has 4 heterocycles. The van der Waals surface area contributed by atoms with Gasteiger partial charge in [-0.3, -0.25) is 4.98 Å². The van der Waals surface area contributed by atoms with Crippen LogP contribution in [0.4, 0.5) is 11.8 Å². The number of rotatable bonds is 5. The highest BCUT2D eigenvalue weighted by atomic mass is 16.3. The maximum atomic E-state index is 7.62. The molecule has 0 saturated heterocycles. The number of nitrogens with zero attached hydrogens (tertiary/aromatic N) is 6. The topological polar surface area (TPSA) is 133 Å². The third-order valence-electron chi connectivity index (χ3n) is 5.39. The highest BCUT2D eigenvalue weighted by Crippen LogP contribution is 2.30. The molecule has 0 radical (unpaired) electrons. The van der Waals surface area contributed by atoms with Crippen molar-refractivity contribution in [2.75, 3.05) is 30.9 Å². The first-order valence-corrected chi connectivity index (χ1v) is 10.9. The summed E-state index contributed by atoms with van der Waals surface area (Å²) in [4.78, 5) is 18.0. The van der Waals surface area contributed by atoms with E-state index in [0.29, 0.717) is 17.6 Å². The fourth-order valence-corrected chi connectivity index (χ4v) is 3.90. The van der Waals surface area contributed by atoms with E-state index in [4.69, 9.17) is 15.2 Å². The predicted octanol–water partition coefficient (Wildman–Crippen LogP) is 2.49. The zero-order chi connectivity index (χ0) is 22.3. The minimum Gasteiger partial charge on any atom is -0.394 e. The monoisotopic (exact) mass is 436 g/mol. The second kappa shape index (κ2) is 10.3. The van der Waals surface area contributed by atoms with Gasteiger partial charge >= 0.3 is 0 Å². The highest BCUT2D eigenvalue weighted by molar-refractivity contribution is 5.89. The fraction of sp³-hybridized carbons (Fsp3) is 0.409. The molecule has 0 atom stereocenters. The van der Waals surface area contributed by atoms with Crippen molar-refractivity contribution in [3.63, 3.8) is 0 Å². The molecule has 1 saturated carbocycles. The van der Waals surface area contributed by atoms with Crippen molar-refractivity contribution < 1.29 is 10.2 Å². The van der Waals surface area contributed by atoms with E-state index in [0.717, 1.165) is 28.1 Å². The molecule has 0 aliphatic heterocycles. The van der Waals surface area contributed by atoms with E-state index >= 15 is 0 Å². The molecule has 1 aliphatic carbocycles. The van der Waals surface area contributed by atoms with Crippen LogP contribution in [0.1, 0.15) is 32.1 Å². The number of hydrogen-bond donors (Lipinski definition) is 4. The van der Waals surface area contributed by atoms with Gasteiger partial charge in [-0.1, -0.05) is 19.3 Å². The number of aliphatic hydroxyl groups is 2. The molecule has 4 N–H and O–H groups in total. The van der Waals surface area contributed by atoms with Crippen LogP contribution in [0.25, 0.3) is 27.9 Å². The lowest BCUT2D eigenvalue weighted by atomic mass is 9.96. The summed E-state index contributed by atoms with van der Waals surface area (Å²) in [6.07, 6.45) is 11.5. The molecule has 1 fully saturated rings. The average molecular weight is 437 g/mol. The second-order valence-electron chi connectivity index (χ2n) is 7.58. The molecule has 168 valence electrons. The molecule has 4 aromatic heterocycles. The Labute approximate surface area is 185 Å². The molecular formula is C22H28N8O2. The molecule has 5 rings (SSSR count). The number of fused-ring (bicyclic) bond motifs is 2. The van der Waals surface area contributed by atoms with E-state index in [1.165, 1.54) is 32.1 Å². The van der Waals surface area contributed by atoms with Crippen molar-refractivity contribution in [3.05, 3.63) is 36.8 Å². The van der Waals surface area contributed by atoms with Gasteiger partial charge in [0.05, 0.1) is 18.9 Å². The zero-order valence-corrected chi connectivity index (χ0v) is 18.1. The van der Waals surface area contributed by atoms with Gasteiger partial charge in [0.25, 0.3) is 0 Å². The maximum Gasteiger partial charge on any atom is 0.243 e. The first kappa shape index (κ1) is 21.8. The van der Waals surface area contributed by atoms with Crippen molar-refractivity contribution in [3.8, 4) is 11.3 Å². The summed E-state index contributed by atoms with van der Waals surface area (Å²) in [7, 11) is 1.88.